The average Bonchev–Trinajstić information content (AvgIpc) is 2.98. The van der Waals surface area contributed by atoms with Gasteiger partial charge in [-0.1, -0.05) is 6.42 Å². The minimum absolute atomic E-state index is 0.00574. The first-order chi connectivity index (χ1) is 12.8. The van der Waals surface area contributed by atoms with E-state index in [9.17, 15) is 19.7 Å². The molecule has 1 aromatic carbocycles. The number of Topliss-reactive ketones (excluding diaryl/α,β-unsaturated/α-hetero) is 1. The summed E-state index contributed by atoms with van der Waals surface area (Å²) in [5, 5.41) is 19.3. The topological polar surface area (TPSA) is 114 Å². The Bertz CT molecular complexity index is 840. The Morgan fingerprint density at radius 2 is 1.85 bits per heavy atom. The first kappa shape index (κ1) is 20.3. The Hall–Kier alpha value is -3.00. The van der Waals surface area contributed by atoms with Crippen LogP contribution in [0.15, 0.2) is 30.5 Å². The maximum atomic E-state index is 12.1. The molecule has 144 valence electrons. The van der Waals surface area contributed by atoms with Crippen molar-refractivity contribution in [3.8, 4) is 11.1 Å². The third-order valence-corrected chi connectivity index (χ3v) is 4.52. The van der Waals surface area contributed by atoms with Crippen LogP contribution >= 0.6 is 0 Å². The van der Waals surface area contributed by atoms with Crippen molar-refractivity contribution in [1.29, 1.82) is 0 Å². The highest BCUT2D eigenvalue weighted by Gasteiger charge is 2.18. The lowest BCUT2D eigenvalue weighted by atomic mass is 10.0. The minimum Gasteiger partial charge on any atom is -0.350 e. The van der Waals surface area contributed by atoms with Crippen molar-refractivity contribution in [1.82, 2.24) is 10.0 Å². The molecule has 0 radical (unpaired) electrons. The summed E-state index contributed by atoms with van der Waals surface area (Å²) in [4.78, 5) is 33.5. The van der Waals surface area contributed by atoms with Gasteiger partial charge in [0.25, 0.3) is 5.69 Å². The average molecular weight is 373 g/mol. The van der Waals surface area contributed by atoms with E-state index in [1.165, 1.54) is 19.1 Å². The van der Waals surface area contributed by atoms with Crippen molar-refractivity contribution < 1.29 is 19.7 Å². The van der Waals surface area contributed by atoms with Crippen molar-refractivity contribution in [2.24, 2.45) is 0 Å². The van der Waals surface area contributed by atoms with Crippen molar-refractivity contribution >= 4 is 17.4 Å². The second kappa shape index (κ2) is 9.09. The lowest BCUT2D eigenvalue weighted by Crippen LogP contribution is -2.17. The fourth-order valence-corrected chi connectivity index (χ4v) is 3.11. The quantitative estimate of drug-likeness (QED) is 0.229. The number of nitro benzene ring substituents is 1. The summed E-state index contributed by atoms with van der Waals surface area (Å²) >= 11 is 0. The van der Waals surface area contributed by atoms with E-state index in [1.54, 1.807) is 17.6 Å². The van der Waals surface area contributed by atoms with Gasteiger partial charge in [-0.25, -0.2) is 5.48 Å². The Balaban J connectivity index is 2.16. The number of benzene rings is 1. The maximum Gasteiger partial charge on any atom is 0.269 e. The summed E-state index contributed by atoms with van der Waals surface area (Å²) in [6, 6.07) is 6.16. The van der Waals surface area contributed by atoms with Gasteiger partial charge in [0.15, 0.2) is 5.78 Å². The van der Waals surface area contributed by atoms with E-state index in [1.807, 2.05) is 17.7 Å². The van der Waals surface area contributed by atoms with Crippen LogP contribution in [0.3, 0.4) is 0 Å². The number of aromatic nitrogens is 1. The van der Waals surface area contributed by atoms with Crippen molar-refractivity contribution in [2.75, 3.05) is 0 Å². The fourth-order valence-electron chi connectivity index (χ4n) is 3.11. The second-order valence-corrected chi connectivity index (χ2v) is 6.40. The lowest BCUT2D eigenvalue weighted by Gasteiger charge is -2.06. The lowest BCUT2D eigenvalue weighted by molar-refractivity contribution is -0.384. The zero-order chi connectivity index (χ0) is 20.0. The Morgan fingerprint density at radius 1 is 1.19 bits per heavy atom. The number of hydrogen-bond acceptors (Lipinski definition) is 5. The number of nitrogens with zero attached hydrogens (tertiary/aromatic N) is 2. The smallest absolute Gasteiger partial charge is 0.269 e. The number of aryl methyl sites for hydroxylation is 1. The molecule has 0 saturated heterocycles. The SMILES string of the molecule is CC(=O)c1c(-c2ccc([N+](=O)[O-])cc2)cn(CCCCCC(=O)NO)c1C. The van der Waals surface area contributed by atoms with Crippen LogP contribution in [0.1, 0.15) is 48.7 Å². The molecule has 0 saturated carbocycles. The van der Waals surface area contributed by atoms with Crippen LogP contribution in [0.2, 0.25) is 0 Å². The van der Waals surface area contributed by atoms with Crippen LogP contribution in [0, 0.1) is 17.0 Å². The molecular formula is C19H23N3O5. The van der Waals surface area contributed by atoms with Gasteiger partial charge in [0.2, 0.25) is 5.91 Å². The summed E-state index contributed by atoms with van der Waals surface area (Å²) in [6.45, 7) is 4.08. The molecule has 0 fully saturated rings. The van der Waals surface area contributed by atoms with Gasteiger partial charge in [0.05, 0.1) is 4.92 Å². The largest absolute Gasteiger partial charge is 0.350 e. The number of ketones is 1. The molecule has 0 aliphatic carbocycles. The predicted molar refractivity (Wildman–Crippen MR) is 99.7 cm³/mol. The van der Waals surface area contributed by atoms with Gasteiger partial charge < -0.3 is 4.57 Å². The third-order valence-electron chi connectivity index (χ3n) is 4.52. The number of unbranched alkanes of at least 4 members (excludes halogenated alkanes) is 2. The van der Waals surface area contributed by atoms with Crippen molar-refractivity contribution in [2.45, 2.75) is 46.1 Å². The summed E-state index contributed by atoms with van der Waals surface area (Å²) < 4.78 is 2.00. The molecule has 8 heteroatoms. The number of non-ortho nitro benzene ring substituents is 1. The summed E-state index contributed by atoms with van der Waals surface area (Å²) in [5.41, 5.74) is 4.60. The minimum atomic E-state index is -0.455. The van der Waals surface area contributed by atoms with Gasteiger partial charge in [-0.3, -0.25) is 24.9 Å². The van der Waals surface area contributed by atoms with Gasteiger partial charge in [-0.2, -0.15) is 0 Å². The highest BCUT2D eigenvalue weighted by atomic mass is 16.6. The molecule has 1 heterocycles. The van der Waals surface area contributed by atoms with E-state index in [0.717, 1.165) is 29.7 Å². The van der Waals surface area contributed by atoms with Crippen LogP contribution < -0.4 is 5.48 Å². The number of carbonyl (C=O) groups excluding carboxylic acids is 2. The molecule has 2 rings (SSSR count). The molecule has 2 aromatic rings. The van der Waals surface area contributed by atoms with Gasteiger partial charge in [0, 0.05) is 48.1 Å². The fraction of sp³-hybridized carbons (Fsp3) is 0.368. The molecule has 0 aliphatic heterocycles. The molecular weight excluding hydrogens is 350 g/mol. The van der Waals surface area contributed by atoms with Crippen LogP contribution in [-0.2, 0) is 11.3 Å². The molecule has 2 N–H and O–H groups in total. The zero-order valence-electron chi connectivity index (χ0n) is 15.4. The number of hydrogen-bond donors (Lipinski definition) is 2. The summed E-state index contributed by atoms with van der Waals surface area (Å²) in [6.07, 6.45) is 4.47. The number of carbonyl (C=O) groups is 2. The Kier molecular flexibility index (Phi) is 6.84. The maximum absolute atomic E-state index is 12.1. The Labute approximate surface area is 156 Å². The number of hydroxylamine groups is 1. The van der Waals surface area contributed by atoms with Crippen LogP contribution in [0.25, 0.3) is 11.1 Å². The number of nitrogens with one attached hydrogen (secondary N) is 1. The zero-order valence-corrected chi connectivity index (χ0v) is 15.4. The van der Waals surface area contributed by atoms with Gasteiger partial charge >= 0.3 is 0 Å². The summed E-state index contributed by atoms with van der Waals surface area (Å²) in [7, 11) is 0. The molecule has 0 aliphatic rings. The van der Waals surface area contributed by atoms with Crippen molar-refractivity contribution in [3.05, 3.63) is 51.8 Å². The first-order valence-electron chi connectivity index (χ1n) is 8.73. The normalized spacial score (nSPS) is 10.6. The number of rotatable bonds is 9. The van der Waals surface area contributed by atoms with E-state index in [2.05, 4.69) is 0 Å². The molecule has 27 heavy (non-hydrogen) atoms. The molecule has 0 unspecified atom stereocenters. The highest BCUT2D eigenvalue weighted by molar-refractivity contribution is 6.02. The molecule has 1 amide bonds. The molecule has 0 bridgehead atoms. The number of amides is 1. The molecule has 8 nitrogen and oxygen atoms in total. The monoisotopic (exact) mass is 373 g/mol. The van der Waals surface area contributed by atoms with Gasteiger partial charge in [-0.05, 0) is 44.4 Å². The Morgan fingerprint density at radius 3 is 2.41 bits per heavy atom. The van der Waals surface area contributed by atoms with E-state index in [4.69, 9.17) is 5.21 Å². The van der Waals surface area contributed by atoms with E-state index >= 15 is 0 Å². The molecule has 1 aromatic heterocycles. The molecule has 0 atom stereocenters. The van der Waals surface area contributed by atoms with E-state index < -0.39 is 10.8 Å². The van der Waals surface area contributed by atoms with Gasteiger partial charge in [0.1, 0.15) is 0 Å². The third kappa shape index (κ3) is 5.01. The van der Waals surface area contributed by atoms with E-state index in [-0.39, 0.29) is 17.9 Å². The summed E-state index contributed by atoms with van der Waals surface area (Å²) in [5.74, 6) is -0.453. The standard InChI is InChI=1S/C19H23N3O5/c1-13-19(14(2)23)17(15-7-9-16(10-8-15)22(26)27)12-21(13)11-5-3-4-6-18(24)20-25/h7-10,12,25H,3-6,11H2,1-2H3,(H,20,24). The second-order valence-electron chi connectivity index (χ2n) is 6.40. The van der Waals surface area contributed by atoms with Crippen LogP contribution in [-0.4, -0.2) is 26.4 Å². The first-order valence-corrected chi connectivity index (χ1v) is 8.73. The van der Waals surface area contributed by atoms with Crippen LogP contribution in [0.5, 0.6) is 0 Å². The van der Waals surface area contributed by atoms with Crippen molar-refractivity contribution in [3.63, 3.8) is 0 Å². The molecule has 0 spiro atoms. The van der Waals surface area contributed by atoms with Crippen LogP contribution in [0.4, 0.5) is 5.69 Å². The number of nitro groups is 1. The van der Waals surface area contributed by atoms with E-state index in [0.29, 0.717) is 18.5 Å². The predicted octanol–water partition coefficient (Wildman–Crippen LogP) is 3.64. The highest BCUT2D eigenvalue weighted by Crippen LogP contribution is 2.30. The van der Waals surface area contributed by atoms with Gasteiger partial charge in [-0.15, -0.1) is 0 Å².